The fraction of sp³-hybridized carbons (Fsp3) is 0.938. The molecule has 0 bridgehead atoms. The monoisotopic (exact) mass is 271 g/mol. The highest BCUT2D eigenvalue weighted by molar-refractivity contribution is 5.69. The second kappa shape index (κ2) is 13.9. The summed E-state index contributed by atoms with van der Waals surface area (Å²) in [6, 6.07) is 0. The van der Waals surface area contributed by atoms with E-state index in [4.69, 9.17) is 10.5 Å². The van der Waals surface area contributed by atoms with E-state index in [1.54, 1.807) is 0 Å². The molecule has 0 heterocycles. The van der Waals surface area contributed by atoms with Gasteiger partial charge in [-0.15, -0.1) is 0 Å². The lowest BCUT2D eigenvalue weighted by atomic mass is 10.1. The van der Waals surface area contributed by atoms with Crippen molar-refractivity contribution in [3.63, 3.8) is 0 Å². The molecule has 3 heteroatoms. The van der Waals surface area contributed by atoms with E-state index in [0.717, 1.165) is 25.7 Å². The van der Waals surface area contributed by atoms with Crippen LogP contribution in [0.5, 0.6) is 0 Å². The first-order valence-electron chi connectivity index (χ1n) is 8.15. The Kier molecular flexibility index (Phi) is 13.4. The fourth-order valence-corrected chi connectivity index (χ4v) is 2.15. The molecule has 0 fully saturated rings. The first-order chi connectivity index (χ1) is 9.20. The van der Waals surface area contributed by atoms with Gasteiger partial charge in [-0.1, -0.05) is 71.6 Å². The molecule has 19 heavy (non-hydrogen) atoms. The van der Waals surface area contributed by atoms with E-state index in [1.165, 1.54) is 44.9 Å². The first-order valence-corrected chi connectivity index (χ1v) is 8.15. The number of hydrogen-bond donors (Lipinski definition) is 1. The zero-order valence-electron chi connectivity index (χ0n) is 13.0. The second-order valence-electron chi connectivity index (χ2n) is 5.40. The van der Waals surface area contributed by atoms with Gasteiger partial charge >= 0.3 is 5.97 Å². The average molecular weight is 271 g/mol. The number of nitrogens with two attached hydrogens (primary N) is 1. The lowest BCUT2D eigenvalue weighted by molar-refractivity contribution is -0.149. The summed E-state index contributed by atoms with van der Waals surface area (Å²) < 4.78 is 5.10. The van der Waals surface area contributed by atoms with E-state index in [0.29, 0.717) is 6.42 Å². The maximum atomic E-state index is 11.4. The van der Waals surface area contributed by atoms with Crippen molar-refractivity contribution in [1.29, 1.82) is 0 Å². The van der Waals surface area contributed by atoms with Crippen LogP contribution in [-0.2, 0) is 9.53 Å². The lowest BCUT2D eigenvalue weighted by Crippen LogP contribution is -2.26. The summed E-state index contributed by atoms with van der Waals surface area (Å²) in [5, 5.41) is 0. The highest BCUT2D eigenvalue weighted by Gasteiger charge is 2.08. The van der Waals surface area contributed by atoms with Crippen LogP contribution in [0.2, 0.25) is 0 Å². The molecule has 0 aromatic carbocycles. The lowest BCUT2D eigenvalue weighted by Gasteiger charge is -2.11. The summed E-state index contributed by atoms with van der Waals surface area (Å²) in [4.78, 5) is 11.4. The van der Waals surface area contributed by atoms with Crippen LogP contribution >= 0.6 is 0 Å². The molecular formula is C16H33NO2. The number of esters is 1. The number of ether oxygens (including phenoxy) is 1. The van der Waals surface area contributed by atoms with E-state index in [-0.39, 0.29) is 5.97 Å². The van der Waals surface area contributed by atoms with Crippen LogP contribution in [0, 0.1) is 0 Å². The quantitative estimate of drug-likeness (QED) is 0.304. The van der Waals surface area contributed by atoms with Crippen LogP contribution in [0.3, 0.4) is 0 Å². The Morgan fingerprint density at radius 3 is 1.95 bits per heavy atom. The molecule has 0 aromatic heterocycles. The van der Waals surface area contributed by atoms with Gasteiger partial charge in [0.05, 0.1) is 0 Å². The zero-order valence-corrected chi connectivity index (χ0v) is 13.0. The van der Waals surface area contributed by atoms with Crippen LogP contribution in [0.25, 0.3) is 0 Å². The van der Waals surface area contributed by atoms with Crippen molar-refractivity contribution < 1.29 is 9.53 Å². The van der Waals surface area contributed by atoms with Crippen molar-refractivity contribution in [1.82, 2.24) is 0 Å². The summed E-state index contributed by atoms with van der Waals surface area (Å²) in [5.41, 5.74) is 5.65. The highest BCUT2D eigenvalue weighted by atomic mass is 16.6. The fourth-order valence-electron chi connectivity index (χ4n) is 2.15. The minimum absolute atomic E-state index is 0.135. The van der Waals surface area contributed by atoms with Crippen LogP contribution < -0.4 is 5.73 Å². The zero-order chi connectivity index (χ0) is 14.3. The number of carbonyl (C=O) groups excluding carboxylic acids is 1. The Balaban J connectivity index is 3.23. The average Bonchev–Trinajstić information content (AvgIpc) is 2.37. The molecule has 114 valence electrons. The van der Waals surface area contributed by atoms with Crippen LogP contribution in [-0.4, -0.2) is 12.2 Å². The van der Waals surface area contributed by atoms with Gasteiger partial charge in [0, 0.05) is 6.42 Å². The largest absolute Gasteiger partial charge is 0.447 e. The molecule has 2 N–H and O–H groups in total. The highest BCUT2D eigenvalue weighted by Crippen LogP contribution is 2.11. The Morgan fingerprint density at radius 1 is 0.895 bits per heavy atom. The summed E-state index contributed by atoms with van der Waals surface area (Å²) in [6.45, 7) is 4.28. The number of rotatable bonds is 13. The molecule has 0 aliphatic heterocycles. The molecule has 0 spiro atoms. The summed E-state index contributed by atoms with van der Waals surface area (Å²) in [7, 11) is 0. The molecule has 0 aliphatic carbocycles. The molecular weight excluding hydrogens is 238 g/mol. The van der Waals surface area contributed by atoms with Crippen LogP contribution in [0.15, 0.2) is 0 Å². The van der Waals surface area contributed by atoms with Crippen molar-refractivity contribution in [3.8, 4) is 0 Å². The van der Waals surface area contributed by atoms with Crippen molar-refractivity contribution in [2.45, 2.75) is 97.1 Å². The maximum Gasteiger partial charge on any atom is 0.307 e. The van der Waals surface area contributed by atoms with Gasteiger partial charge in [0.25, 0.3) is 0 Å². The topological polar surface area (TPSA) is 52.3 Å². The Morgan fingerprint density at radius 2 is 1.42 bits per heavy atom. The van der Waals surface area contributed by atoms with E-state index in [2.05, 4.69) is 6.92 Å². The van der Waals surface area contributed by atoms with Crippen LogP contribution in [0.1, 0.15) is 90.9 Å². The molecule has 3 nitrogen and oxygen atoms in total. The third-order valence-electron chi connectivity index (χ3n) is 3.34. The SMILES string of the molecule is CCCCCCCCCCCC(=O)OC(N)CCC. The van der Waals surface area contributed by atoms with Gasteiger partial charge < -0.3 is 4.74 Å². The van der Waals surface area contributed by atoms with Crippen molar-refractivity contribution in [2.75, 3.05) is 0 Å². The Bertz CT molecular complexity index is 207. The van der Waals surface area contributed by atoms with E-state index < -0.39 is 6.23 Å². The molecule has 0 amide bonds. The van der Waals surface area contributed by atoms with Gasteiger partial charge in [-0.3, -0.25) is 10.5 Å². The second-order valence-corrected chi connectivity index (χ2v) is 5.40. The number of carbonyl (C=O) groups is 1. The maximum absolute atomic E-state index is 11.4. The molecule has 0 saturated carbocycles. The van der Waals surface area contributed by atoms with Crippen LogP contribution in [0.4, 0.5) is 0 Å². The van der Waals surface area contributed by atoms with E-state index in [1.807, 2.05) is 6.92 Å². The summed E-state index contributed by atoms with van der Waals surface area (Å²) in [5.74, 6) is -0.135. The van der Waals surface area contributed by atoms with Gasteiger partial charge in [0.2, 0.25) is 0 Å². The molecule has 1 unspecified atom stereocenters. The normalized spacial score (nSPS) is 12.4. The van der Waals surface area contributed by atoms with Crippen molar-refractivity contribution in [2.24, 2.45) is 5.73 Å². The summed E-state index contributed by atoms with van der Waals surface area (Å²) in [6.07, 6.45) is 13.2. The summed E-state index contributed by atoms with van der Waals surface area (Å²) >= 11 is 0. The standard InChI is InChI=1S/C16H33NO2/c1-3-5-6-7-8-9-10-11-12-14-16(18)19-15(17)13-4-2/h15H,3-14,17H2,1-2H3. The number of unbranched alkanes of at least 4 members (excludes halogenated alkanes) is 8. The Labute approximate surface area is 119 Å². The molecule has 0 radical (unpaired) electrons. The van der Waals surface area contributed by atoms with E-state index in [9.17, 15) is 4.79 Å². The predicted molar refractivity (Wildman–Crippen MR) is 80.8 cm³/mol. The van der Waals surface area contributed by atoms with Gasteiger partial charge in [-0.2, -0.15) is 0 Å². The predicted octanol–water partition coefficient (Wildman–Crippen LogP) is 4.54. The molecule has 0 aliphatic rings. The van der Waals surface area contributed by atoms with Gasteiger partial charge in [0.1, 0.15) is 0 Å². The third-order valence-corrected chi connectivity index (χ3v) is 3.34. The first kappa shape index (κ1) is 18.4. The van der Waals surface area contributed by atoms with Gasteiger partial charge in [-0.05, 0) is 12.8 Å². The molecule has 0 rings (SSSR count). The molecule has 1 atom stereocenters. The molecule has 0 saturated heterocycles. The minimum Gasteiger partial charge on any atom is -0.447 e. The van der Waals surface area contributed by atoms with Gasteiger partial charge in [0.15, 0.2) is 6.23 Å². The molecule has 0 aromatic rings. The van der Waals surface area contributed by atoms with Crippen molar-refractivity contribution in [3.05, 3.63) is 0 Å². The van der Waals surface area contributed by atoms with E-state index >= 15 is 0 Å². The minimum atomic E-state index is -0.406. The van der Waals surface area contributed by atoms with Crippen molar-refractivity contribution >= 4 is 5.97 Å². The third kappa shape index (κ3) is 13.7. The number of hydrogen-bond acceptors (Lipinski definition) is 3. The smallest absolute Gasteiger partial charge is 0.307 e. The Hall–Kier alpha value is -0.570. The van der Waals surface area contributed by atoms with Gasteiger partial charge in [-0.25, -0.2) is 0 Å².